The summed E-state index contributed by atoms with van der Waals surface area (Å²) in [5.41, 5.74) is 3.80. The number of methoxy groups -OCH3 is 1. The smallest absolute Gasteiger partial charge is 0.227 e. The fourth-order valence-corrected chi connectivity index (χ4v) is 3.83. The van der Waals surface area contributed by atoms with Gasteiger partial charge in [-0.1, -0.05) is 30.3 Å². The van der Waals surface area contributed by atoms with Crippen LogP contribution in [-0.4, -0.2) is 40.2 Å². The van der Waals surface area contributed by atoms with Crippen LogP contribution in [0.5, 0.6) is 5.75 Å². The lowest BCUT2D eigenvalue weighted by atomic mass is 10.1. The van der Waals surface area contributed by atoms with Crippen LogP contribution in [0, 0.1) is 12.8 Å². The van der Waals surface area contributed by atoms with Gasteiger partial charge in [-0.2, -0.15) is 5.10 Å². The van der Waals surface area contributed by atoms with Gasteiger partial charge in [0.2, 0.25) is 11.8 Å². The maximum Gasteiger partial charge on any atom is 0.227 e. The normalized spacial score (nSPS) is 15.9. The minimum atomic E-state index is -0.403. The minimum absolute atomic E-state index is 0.0735. The molecule has 0 spiro atoms. The molecule has 1 aliphatic rings. The lowest BCUT2D eigenvalue weighted by Crippen LogP contribution is -2.33. The summed E-state index contributed by atoms with van der Waals surface area (Å²) in [6.45, 7) is 3.27. The second kappa shape index (κ2) is 8.99. The third kappa shape index (κ3) is 4.58. The quantitative estimate of drug-likeness (QED) is 0.635. The Labute approximate surface area is 180 Å². The molecular formula is C23H25N5O3. The van der Waals surface area contributed by atoms with Gasteiger partial charge >= 0.3 is 0 Å². The molecule has 0 radical (unpaired) electrons. The zero-order valence-corrected chi connectivity index (χ0v) is 17.6. The van der Waals surface area contributed by atoms with E-state index in [1.54, 1.807) is 23.0 Å². The molecule has 0 bridgehead atoms. The predicted octanol–water partition coefficient (Wildman–Crippen LogP) is 2.31. The topological polar surface area (TPSA) is 89.3 Å². The number of hydrogen-bond acceptors (Lipinski definition) is 5. The summed E-state index contributed by atoms with van der Waals surface area (Å²) in [6.07, 6.45) is 3.34. The molecule has 2 amide bonds. The van der Waals surface area contributed by atoms with Gasteiger partial charge in [-0.25, -0.2) is 9.67 Å². The van der Waals surface area contributed by atoms with E-state index >= 15 is 0 Å². The van der Waals surface area contributed by atoms with E-state index in [1.165, 1.54) is 6.33 Å². The molecule has 1 fully saturated rings. The number of aryl methyl sites for hydroxylation is 1. The lowest BCUT2D eigenvalue weighted by Gasteiger charge is -2.20. The lowest BCUT2D eigenvalue weighted by molar-refractivity contribution is -0.126. The van der Waals surface area contributed by atoms with Crippen molar-refractivity contribution in [2.45, 2.75) is 26.4 Å². The van der Waals surface area contributed by atoms with Crippen LogP contribution in [0.25, 0.3) is 0 Å². The van der Waals surface area contributed by atoms with Gasteiger partial charge in [0.05, 0.1) is 25.3 Å². The third-order valence-corrected chi connectivity index (χ3v) is 5.49. The summed E-state index contributed by atoms with van der Waals surface area (Å²) in [7, 11) is 1.58. The maximum atomic E-state index is 12.8. The van der Waals surface area contributed by atoms with Crippen LogP contribution in [0.3, 0.4) is 0 Å². The van der Waals surface area contributed by atoms with Crippen molar-refractivity contribution in [1.29, 1.82) is 0 Å². The average molecular weight is 419 g/mol. The Morgan fingerprint density at radius 1 is 1.23 bits per heavy atom. The SMILES string of the molecule is COc1ccc(C)cc1N1CC(C(=O)NCc2ccccc2Cn2cncn2)CC1=O. The monoisotopic (exact) mass is 419 g/mol. The van der Waals surface area contributed by atoms with E-state index in [0.29, 0.717) is 31.1 Å². The number of carbonyl (C=O) groups is 2. The standard InChI is InChI=1S/C23H25N5O3/c1-16-7-8-21(31-2)20(9-16)28-13-19(10-22(28)29)23(30)25-11-17-5-3-4-6-18(17)12-27-15-24-14-26-27/h3-9,14-15,19H,10-13H2,1-2H3,(H,25,30). The van der Waals surface area contributed by atoms with Crippen LogP contribution in [0.1, 0.15) is 23.1 Å². The summed E-state index contributed by atoms with van der Waals surface area (Å²) in [5.74, 6) is 0.0240. The van der Waals surface area contributed by atoms with Crippen LogP contribution < -0.4 is 15.0 Å². The van der Waals surface area contributed by atoms with Crippen molar-refractivity contribution in [1.82, 2.24) is 20.1 Å². The fraction of sp³-hybridized carbons (Fsp3) is 0.304. The molecule has 31 heavy (non-hydrogen) atoms. The molecule has 3 aromatic rings. The molecule has 2 heterocycles. The van der Waals surface area contributed by atoms with Gasteiger partial charge in [0.25, 0.3) is 0 Å². The number of benzene rings is 2. The fourth-order valence-electron chi connectivity index (χ4n) is 3.83. The van der Waals surface area contributed by atoms with Gasteiger partial charge in [0, 0.05) is 19.5 Å². The third-order valence-electron chi connectivity index (χ3n) is 5.49. The summed E-state index contributed by atoms with van der Waals surface area (Å²) < 4.78 is 7.15. The summed E-state index contributed by atoms with van der Waals surface area (Å²) in [5, 5.41) is 7.14. The van der Waals surface area contributed by atoms with Gasteiger partial charge in [0.1, 0.15) is 18.4 Å². The molecule has 8 heteroatoms. The highest BCUT2D eigenvalue weighted by Crippen LogP contribution is 2.34. The largest absolute Gasteiger partial charge is 0.495 e. The Kier molecular flexibility index (Phi) is 5.97. The van der Waals surface area contributed by atoms with Crippen LogP contribution in [0.4, 0.5) is 5.69 Å². The van der Waals surface area contributed by atoms with Crippen molar-refractivity contribution in [3.63, 3.8) is 0 Å². The molecule has 8 nitrogen and oxygen atoms in total. The number of hydrogen-bond donors (Lipinski definition) is 1. The van der Waals surface area contributed by atoms with Gasteiger partial charge in [0.15, 0.2) is 0 Å². The number of nitrogens with one attached hydrogen (secondary N) is 1. The molecule has 1 unspecified atom stereocenters. The van der Waals surface area contributed by atoms with Crippen molar-refractivity contribution >= 4 is 17.5 Å². The number of aromatic nitrogens is 3. The molecule has 1 aliphatic heterocycles. The zero-order valence-electron chi connectivity index (χ0n) is 17.6. The first-order valence-corrected chi connectivity index (χ1v) is 10.2. The highest BCUT2D eigenvalue weighted by molar-refractivity contribution is 6.01. The molecule has 160 valence electrons. The first-order chi connectivity index (χ1) is 15.0. The Morgan fingerprint density at radius 3 is 2.77 bits per heavy atom. The van der Waals surface area contributed by atoms with Gasteiger partial charge in [-0.05, 0) is 35.7 Å². The zero-order chi connectivity index (χ0) is 21.8. The minimum Gasteiger partial charge on any atom is -0.495 e. The van der Waals surface area contributed by atoms with E-state index in [-0.39, 0.29) is 18.2 Å². The Morgan fingerprint density at radius 2 is 2.03 bits per heavy atom. The second-order valence-electron chi connectivity index (χ2n) is 7.66. The Bertz CT molecular complexity index is 1080. The Balaban J connectivity index is 1.42. The molecule has 1 saturated heterocycles. The van der Waals surface area contributed by atoms with Crippen molar-refractivity contribution in [2.24, 2.45) is 5.92 Å². The number of amides is 2. The van der Waals surface area contributed by atoms with E-state index in [2.05, 4.69) is 15.4 Å². The number of nitrogens with zero attached hydrogens (tertiary/aromatic N) is 4. The Hall–Kier alpha value is -3.68. The van der Waals surface area contributed by atoms with E-state index in [9.17, 15) is 9.59 Å². The van der Waals surface area contributed by atoms with Crippen LogP contribution in [0.2, 0.25) is 0 Å². The molecule has 2 aromatic carbocycles. The van der Waals surface area contributed by atoms with Crippen LogP contribution in [0.15, 0.2) is 55.1 Å². The highest BCUT2D eigenvalue weighted by Gasteiger charge is 2.36. The van der Waals surface area contributed by atoms with E-state index in [1.807, 2.05) is 49.4 Å². The van der Waals surface area contributed by atoms with Crippen molar-refractivity contribution in [2.75, 3.05) is 18.6 Å². The van der Waals surface area contributed by atoms with E-state index in [4.69, 9.17) is 4.74 Å². The van der Waals surface area contributed by atoms with Gasteiger partial charge < -0.3 is 15.0 Å². The van der Waals surface area contributed by atoms with Gasteiger partial charge in [-0.3, -0.25) is 9.59 Å². The second-order valence-corrected chi connectivity index (χ2v) is 7.66. The summed E-state index contributed by atoms with van der Waals surface area (Å²) in [6, 6.07) is 13.6. The molecular weight excluding hydrogens is 394 g/mol. The summed E-state index contributed by atoms with van der Waals surface area (Å²) >= 11 is 0. The van der Waals surface area contributed by atoms with E-state index < -0.39 is 5.92 Å². The molecule has 4 rings (SSSR count). The number of ether oxygens (including phenoxy) is 1. The predicted molar refractivity (Wildman–Crippen MR) is 116 cm³/mol. The van der Waals surface area contributed by atoms with Crippen LogP contribution >= 0.6 is 0 Å². The highest BCUT2D eigenvalue weighted by atomic mass is 16.5. The first kappa shape index (κ1) is 20.6. The first-order valence-electron chi connectivity index (χ1n) is 10.2. The number of anilines is 1. The van der Waals surface area contributed by atoms with Crippen molar-refractivity contribution < 1.29 is 14.3 Å². The average Bonchev–Trinajstić information content (AvgIpc) is 3.42. The maximum absolute atomic E-state index is 12.8. The number of rotatable bonds is 7. The molecule has 0 aliphatic carbocycles. The van der Waals surface area contributed by atoms with E-state index in [0.717, 1.165) is 16.7 Å². The van der Waals surface area contributed by atoms with Crippen LogP contribution in [-0.2, 0) is 22.7 Å². The molecule has 0 saturated carbocycles. The molecule has 1 aromatic heterocycles. The van der Waals surface area contributed by atoms with Crippen molar-refractivity contribution in [3.8, 4) is 5.75 Å². The number of carbonyl (C=O) groups excluding carboxylic acids is 2. The van der Waals surface area contributed by atoms with Crippen molar-refractivity contribution in [3.05, 3.63) is 71.8 Å². The summed E-state index contributed by atoms with van der Waals surface area (Å²) in [4.78, 5) is 31.1. The van der Waals surface area contributed by atoms with Gasteiger partial charge in [-0.15, -0.1) is 0 Å². The molecule has 1 atom stereocenters. The molecule has 1 N–H and O–H groups in total.